The Bertz CT molecular complexity index is 968. The number of hydrogen-bond acceptors (Lipinski definition) is 6. The van der Waals surface area contributed by atoms with E-state index in [0.717, 1.165) is 23.3 Å². The van der Waals surface area contributed by atoms with E-state index in [0.29, 0.717) is 12.2 Å². The molecule has 3 rings (SSSR count). The van der Waals surface area contributed by atoms with Crippen molar-refractivity contribution in [1.82, 2.24) is 5.01 Å². The van der Waals surface area contributed by atoms with Crippen LogP contribution in [-0.2, 0) is 16.4 Å². The van der Waals surface area contributed by atoms with E-state index in [1.165, 1.54) is 23.0 Å². The van der Waals surface area contributed by atoms with Crippen LogP contribution >= 0.6 is 11.8 Å². The summed E-state index contributed by atoms with van der Waals surface area (Å²) < 4.78 is 23.3. The monoisotopic (exact) mass is 403 g/mol. The van der Waals surface area contributed by atoms with Crippen molar-refractivity contribution < 1.29 is 13.2 Å². The minimum Gasteiger partial charge on any atom is -0.399 e. The van der Waals surface area contributed by atoms with E-state index in [2.05, 4.69) is 5.10 Å². The second kappa shape index (κ2) is 7.74. The van der Waals surface area contributed by atoms with Gasteiger partial charge in [-0.3, -0.25) is 4.79 Å². The summed E-state index contributed by atoms with van der Waals surface area (Å²) in [5, 5.41) is 5.87. The Morgan fingerprint density at radius 3 is 2.30 bits per heavy atom. The Kier molecular flexibility index (Phi) is 5.57. The third-order valence-corrected chi connectivity index (χ3v) is 6.63. The molecular formula is C19H21N3O3S2. The van der Waals surface area contributed by atoms with E-state index < -0.39 is 9.84 Å². The summed E-state index contributed by atoms with van der Waals surface area (Å²) in [6.07, 6.45) is 1.93. The number of nitrogens with two attached hydrogens (primary N) is 1. The Morgan fingerprint density at radius 1 is 1.11 bits per heavy atom. The molecule has 27 heavy (non-hydrogen) atoms. The van der Waals surface area contributed by atoms with Crippen molar-refractivity contribution in [3.8, 4) is 0 Å². The van der Waals surface area contributed by atoms with Crippen LogP contribution in [-0.4, -0.2) is 35.9 Å². The van der Waals surface area contributed by atoms with Gasteiger partial charge in [-0.15, -0.1) is 0 Å². The maximum atomic E-state index is 12.5. The summed E-state index contributed by atoms with van der Waals surface area (Å²) in [5.74, 6) is 0. The largest absolute Gasteiger partial charge is 0.399 e. The zero-order valence-corrected chi connectivity index (χ0v) is 16.8. The maximum absolute atomic E-state index is 12.5. The molecule has 1 unspecified atom stereocenters. The van der Waals surface area contributed by atoms with Crippen LogP contribution < -0.4 is 5.73 Å². The average molecular weight is 404 g/mol. The van der Waals surface area contributed by atoms with Crippen LogP contribution in [0.25, 0.3) is 0 Å². The van der Waals surface area contributed by atoms with Gasteiger partial charge in [0.25, 0.3) is 0 Å². The molecule has 0 saturated carbocycles. The van der Waals surface area contributed by atoms with Gasteiger partial charge in [-0.25, -0.2) is 13.4 Å². The average Bonchev–Trinajstić information content (AvgIpc) is 2.64. The molecule has 1 atom stereocenters. The van der Waals surface area contributed by atoms with E-state index in [1.54, 1.807) is 36.4 Å². The second-order valence-corrected chi connectivity index (χ2v) is 9.53. The van der Waals surface area contributed by atoms with Gasteiger partial charge < -0.3 is 5.73 Å². The Balaban J connectivity index is 1.92. The van der Waals surface area contributed by atoms with Crippen molar-refractivity contribution in [3.05, 3.63) is 59.7 Å². The van der Waals surface area contributed by atoms with Crippen molar-refractivity contribution >= 4 is 38.2 Å². The van der Waals surface area contributed by atoms with E-state index >= 15 is 0 Å². The van der Waals surface area contributed by atoms with Gasteiger partial charge in [0.1, 0.15) is 0 Å². The molecule has 8 heteroatoms. The summed E-state index contributed by atoms with van der Waals surface area (Å²) in [6, 6.07) is 14.0. The van der Waals surface area contributed by atoms with Crippen molar-refractivity contribution in [2.45, 2.75) is 30.0 Å². The highest BCUT2D eigenvalue weighted by atomic mass is 32.2. The molecule has 6 nitrogen and oxygen atoms in total. The molecule has 0 fully saturated rings. The normalized spacial score (nSPS) is 17.7. The molecule has 0 saturated heterocycles. The summed E-state index contributed by atoms with van der Waals surface area (Å²) >= 11 is 1.24. The number of benzene rings is 2. The molecule has 0 aliphatic carbocycles. The van der Waals surface area contributed by atoms with Gasteiger partial charge in [0.05, 0.1) is 22.4 Å². The highest BCUT2D eigenvalue weighted by Gasteiger charge is 2.30. The van der Waals surface area contributed by atoms with Crippen LogP contribution in [0.2, 0.25) is 0 Å². The van der Waals surface area contributed by atoms with Crippen LogP contribution in [0.5, 0.6) is 0 Å². The minimum atomic E-state index is -3.25. The predicted octanol–water partition coefficient (Wildman–Crippen LogP) is 3.52. The highest BCUT2D eigenvalue weighted by molar-refractivity contribution is 8.14. The number of carbonyl (C=O) groups is 1. The van der Waals surface area contributed by atoms with Gasteiger partial charge in [0.15, 0.2) is 9.84 Å². The van der Waals surface area contributed by atoms with Crippen molar-refractivity contribution in [2.75, 3.05) is 12.0 Å². The molecular weight excluding hydrogens is 382 g/mol. The van der Waals surface area contributed by atoms with Gasteiger partial charge in [-0.05, 0) is 41.8 Å². The molecule has 1 aliphatic heterocycles. The Labute approximate surface area is 163 Å². The number of hydrazone groups is 1. The van der Waals surface area contributed by atoms with Crippen LogP contribution in [0.15, 0.2) is 58.5 Å². The highest BCUT2D eigenvalue weighted by Crippen LogP contribution is 2.30. The SMILES string of the molecule is CCC1SC(=O)N(Cc2ccc(N)cc2)N=C1c1ccc(S(C)(=O)=O)cc1. The van der Waals surface area contributed by atoms with Crippen LogP contribution in [0.1, 0.15) is 24.5 Å². The fourth-order valence-electron chi connectivity index (χ4n) is 2.76. The van der Waals surface area contributed by atoms with Gasteiger partial charge >= 0.3 is 5.24 Å². The lowest BCUT2D eigenvalue weighted by Crippen LogP contribution is -2.34. The summed E-state index contributed by atoms with van der Waals surface area (Å²) in [6.45, 7) is 2.36. The van der Waals surface area contributed by atoms with Crippen molar-refractivity contribution in [2.24, 2.45) is 5.10 Å². The fraction of sp³-hybridized carbons (Fsp3) is 0.263. The van der Waals surface area contributed by atoms with E-state index in [4.69, 9.17) is 5.73 Å². The van der Waals surface area contributed by atoms with Crippen molar-refractivity contribution in [1.29, 1.82) is 0 Å². The van der Waals surface area contributed by atoms with Crippen LogP contribution in [0.4, 0.5) is 10.5 Å². The first-order chi connectivity index (χ1) is 12.8. The number of anilines is 1. The molecule has 142 valence electrons. The molecule has 0 bridgehead atoms. The van der Waals surface area contributed by atoms with Crippen LogP contribution in [0, 0.1) is 0 Å². The predicted molar refractivity (Wildman–Crippen MR) is 110 cm³/mol. The number of rotatable bonds is 5. The number of amides is 1. The van der Waals surface area contributed by atoms with E-state index in [-0.39, 0.29) is 15.4 Å². The van der Waals surface area contributed by atoms with E-state index in [9.17, 15) is 13.2 Å². The molecule has 2 N–H and O–H groups in total. The third kappa shape index (κ3) is 4.51. The summed E-state index contributed by atoms with van der Waals surface area (Å²) in [7, 11) is -3.25. The lowest BCUT2D eigenvalue weighted by molar-refractivity contribution is 0.222. The molecule has 0 aromatic heterocycles. The molecule has 1 heterocycles. The number of hydrogen-bond donors (Lipinski definition) is 1. The number of nitrogen functional groups attached to an aromatic ring is 1. The molecule has 1 aliphatic rings. The smallest absolute Gasteiger partial charge is 0.302 e. The molecule has 1 amide bonds. The standard InChI is InChI=1S/C19H21N3O3S2/c1-3-17-18(14-6-10-16(11-7-14)27(2,24)25)21-22(19(23)26-17)12-13-4-8-15(20)9-5-13/h4-11,17H,3,12,20H2,1-2H3. The first-order valence-electron chi connectivity index (χ1n) is 8.49. The summed E-state index contributed by atoms with van der Waals surface area (Å²) in [4.78, 5) is 12.7. The minimum absolute atomic E-state index is 0.0655. The lowest BCUT2D eigenvalue weighted by Gasteiger charge is -2.28. The quantitative estimate of drug-likeness (QED) is 0.771. The fourth-order valence-corrected chi connectivity index (χ4v) is 4.33. The molecule has 2 aromatic carbocycles. The molecule has 2 aromatic rings. The summed E-state index contributed by atoms with van der Waals surface area (Å²) in [5.41, 5.74) is 8.90. The van der Waals surface area contributed by atoms with Gasteiger partial charge in [0.2, 0.25) is 0 Å². The maximum Gasteiger partial charge on any atom is 0.302 e. The number of carbonyl (C=O) groups excluding carboxylic acids is 1. The molecule has 0 radical (unpaired) electrons. The van der Waals surface area contributed by atoms with Gasteiger partial charge in [0, 0.05) is 11.9 Å². The number of nitrogens with zero attached hydrogens (tertiary/aromatic N) is 2. The second-order valence-electron chi connectivity index (χ2n) is 6.36. The number of sulfone groups is 1. The van der Waals surface area contributed by atoms with Crippen LogP contribution in [0.3, 0.4) is 0 Å². The first-order valence-corrected chi connectivity index (χ1v) is 11.3. The number of thioether (sulfide) groups is 1. The Morgan fingerprint density at radius 2 is 1.74 bits per heavy atom. The Hall–Kier alpha value is -2.32. The van der Waals surface area contributed by atoms with Gasteiger partial charge in [-0.2, -0.15) is 5.10 Å². The zero-order valence-electron chi connectivity index (χ0n) is 15.1. The third-order valence-electron chi connectivity index (χ3n) is 4.25. The van der Waals surface area contributed by atoms with E-state index in [1.807, 2.05) is 19.1 Å². The zero-order chi connectivity index (χ0) is 19.6. The van der Waals surface area contributed by atoms with Crippen molar-refractivity contribution in [3.63, 3.8) is 0 Å². The van der Waals surface area contributed by atoms with Gasteiger partial charge in [-0.1, -0.05) is 43.0 Å². The first kappa shape index (κ1) is 19.4. The lowest BCUT2D eigenvalue weighted by atomic mass is 10.1. The topological polar surface area (TPSA) is 92.8 Å². The molecule has 0 spiro atoms.